The maximum Gasteiger partial charge on any atom is 0.0474 e. The summed E-state index contributed by atoms with van der Waals surface area (Å²) in [6.45, 7) is 0. The highest BCUT2D eigenvalue weighted by atomic mass is 35.5. The summed E-state index contributed by atoms with van der Waals surface area (Å²) in [6.07, 6.45) is 5.06. The summed E-state index contributed by atoms with van der Waals surface area (Å²) >= 11 is 11.2. The predicted octanol–water partition coefficient (Wildman–Crippen LogP) is 4.07. The normalized spacial score (nSPS) is 10.9. The molecule has 2 heteroatoms. The van der Waals surface area contributed by atoms with Crippen LogP contribution in [0.25, 0.3) is 6.08 Å². The Bertz CT molecular complexity index is 262. The number of allylic oxidation sites excluding steroid dienone is 1. The first-order valence-corrected chi connectivity index (χ1v) is 5.31. The van der Waals surface area contributed by atoms with E-state index in [-0.39, 0.29) is 0 Å². The summed E-state index contributed by atoms with van der Waals surface area (Å²) in [6, 6.07) is 8.19. The Kier molecular flexibility index (Phi) is 4.95. The lowest BCUT2D eigenvalue weighted by molar-refractivity contribution is 1.24. The molecule has 13 heavy (non-hydrogen) atoms. The van der Waals surface area contributed by atoms with Gasteiger partial charge in [-0.05, 0) is 17.5 Å². The summed E-state index contributed by atoms with van der Waals surface area (Å²) < 4.78 is 0. The van der Waals surface area contributed by atoms with Gasteiger partial charge in [0.25, 0.3) is 0 Å². The van der Waals surface area contributed by atoms with Crippen LogP contribution < -0.4 is 0 Å². The zero-order valence-corrected chi connectivity index (χ0v) is 8.85. The van der Waals surface area contributed by atoms with Crippen LogP contribution in [0.2, 0.25) is 0 Å². The quantitative estimate of drug-likeness (QED) is 0.664. The molecule has 0 aliphatic rings. The predicted molar refractivity (Wildman–Crippen MR) is 60.4 cm³/mol. The first-order chi connectivity index (χ1) is 6.36. The highest BCUT2D eigenvalue weighted by Gasteiger charge is 1.89. The van der Waals surface area contributed by atoms with E-state index >= 15 is 0 Å². The molecule has 0 bridgehead atoms. The smallest absolute Gasteiger partial charge is 0.0474 e. The third-order valence-corrected chi connectivity index (χ3v) is 2.25. The molecule has 0 radical (unpaired) electrons. The second-order valence-electron chi connectivity index (χ2n) is 2.76. The summed E-state index contributed by atoms with van der Waals surface area (Å²) in [5, 5.41) is 0. The third-order valence-electron chi connectivity index (χ3n) is 1.72. The van der Waals surface area contributed by atoms with Crippen LogP contribution in [0.4, 0.5) is 0 Å². The zero-order valence-electron chi connectivity index (χ0n) is 7.34. The number of hydrogen-bond acceptors (Lipinski definition) is 0. The molecule has 1 rings (SSSR count). The number of alkyl halides is 2. The molecule has 0 amide bonds. The number of benzene rings is 1. The fourth-order valence-electron chi connectivity index (χ4n) is 1.00. The minimum Gasteiger partial charge on any atom is -0.126 e. The van der Waals surface area contributed by atoms with Crippen LogP contribution in [0.1, 0.15) is 17.5 Å². The van der Waals surface area contributed by atoms with Crippen molar-refractivity contribution < 1.29 is 0 Å². The van der Waals surface area contributed by atoms with Crippen LogP contribution in [0.15, 0.2) is 30.3 Å². The Labute approximate surface area is 89.2 Å². The van der Waals surface area contributed by atoms with Gasteiger partial charge in [0.1, 0.15) is 0 Å². The van der Waals surface area contributed by atoms with Crippen LogP contribution in [0.5, 0.6) is 0 Å². The molecule has 0 atom stereocenters. The lowest BCUT2D eigenvalue weighted by atomic mass is 10.1. The molecule has 0 saturated carbocycles. The number of rotatable bonds is 4. The van der Waals surface area contributed by atoms with Crippen LogP contribution in [0, 0.1) is 0 Å². The van der Waals surface area contributed by atoms with Gasteiger partial charge in [0, 0.05) is 11.8 Å². The van der Waals surface area contributed by atoms with Gasteiger partial charge in [-0.15, -0.1) is 23.2 Å². The minimum atomic E-state index is 0.575. The minimum absolute atomic E-state index is 0.575. The monoisotopic (exact) mass is 214 g/mol. The highest BCUT2D eigenvalue weighted by molar-refractivity contribution is 6.18. The molecule has 1 aromatic rings. The van der Waals surface area contributed by atoms with E-state index in [1.54, 1.807) is 0 Å². The van der Waals surface area contributed by atoms with E-state index in [9.17, 15) is 0 Å². The van der Waals surface area contributed by atoms with Gasteiger partial charge < -0.3 is 0 Å². The SMILES string of the molecule is ClCCC=Cc1ccc(CCl)cc1. The summed E-state index contributed by atoms with van der Waals surface area (Å²) in [4.78, 5) is 0. The molecule has 0 aliphatic carbocycles. The van der Waals surface area contributed by atoms with Crippen molar-refractivity contribution in [1.82, 2.24) is 0 Å². The van der Waals surface area contributed by atoms with E-state index in [1.165, 1.54) is 5.56 Å². The van der Waals surface area contributed by atoms with E-state index in [0.717, 1.165) is 12.0 Å². The molecule has 0 heterocycles. The van der Waals surface area contributed by atoms with Crippen molar-refractivity contribution in [3.05, 3.63) is 41.5 Å². The van der Waals surface area contributed by atoms with Gasteiger partial charge >= 0.3 is 0 Å². The van der Waals surface area contributed by atoms with Crippen molar-refractivity contribution in [1.29, 1.82) is 0 Å². The Morgan fingerprint density at radius 1 is 1.08 bits per heavy atom. The Hall–Kier alpha value is -0.460. The molecule has 0 spiro atoms. The maximum atomic E-state index is 5.67. The molecule has 0 saturated heterocycles. The van der Waals surface area contributed by atoms with Gasteiger partial charge in [0.2, 0.25) is 0 Å². The molecule has 0 nitrogen and oxygen atoms in total. The molecule has 0 N–H and O–H groups in total. The molecule has 70 valence electrons. The fourth-order valence-corrected chi connectivity index (χ4v) is 1.30. The maximum absolute atomic E-state index is 5.67. The van der Waals surface area contributed by atoms with Crippen molar-refractivity contribution in [2.24, 2.45) is 0 Å². The summed E-state index contributed by atoms with van der Waals surface area (Å²) in [5.74, 6) is 1.25. The first kappa shape index (κ1) is 10.6. The van der Waals surface area contributed by atoms with E-state index in [2.05, 4.69) is 24.3 Å². The van der Waals surface area contributed by atoms with Crippen molar-refractivity contribution in [2.75, 3.05) is 5.88 Å². The molecule has 1 aromatic carbocycles. The van der Waals surface area contributed by atoms with E-state index < -0.39 is 0 Å². The molecular formula is C11H12Cl2. The standard InChI is InChI=1S/C11H12Cl2/c12-8-2-1-3-10-4-6-11(9-13)7-5-10/h1,3-7H,2,8-9H2. The molecule has 0 fully saturated rings. The lowest BCUT2D eigenvalue weighted by Gasteiger charge is -1.95. The summed E-state index contributed by atoms with van der Waals surface area (Å²) in [5.41, 5.74) is 2.34. The molecular weight excluding hydrogens is 203 g/mol. The Balaban J connectivity index is 2.58. The van der Waals surface area contributed by atoms with Gasteiger partial charge in [-0.3, -0.25) is 0 Å². The van der Waals surface area contributed by atoms with E-state index in [4.69, 9.17) is 23.2 Å². The van der Waals surface area contributed by atoms with Gasteiger partial charge in [-0.25, -0.2) is 0 Å². The van der Waals surface area contributed by atoms with Crippen LogP contribution in [-0.2, 0) is 5.88 Å². The largest absolute Gasteiger partial charge is 0.126 e. The molecule has 0 aromatic heterocycles. The number of halogens is 2. The second kappa shape index (κ2) is 6.06. The second-order valence-corrected chi connectivity index (χ2v) is 3.40. The van der Waals surface area contributed by atoms with Gasteiger partial charge in [-0.2, -0.15) is 0 Å². The first-order valence-electron chi connectivity index (χ1n) is 4.24. The van der Waals surface area contributed by atoms with Crippen molar-refractivity contribution >= 4 is 29.3 Å². The van der Waals surface area contributed by atoms with Crippen LogP contribution in [0.3, 0.4) is 0 Å². The Morgan fingerprint density at radius 2 is 1.77 bits per heavy atom. The van der Waals surface area contributed by atoms with Crippen molar-refractivity contribution in [3.8, 4) is 0 Å². The zero-order chi connectivity index (χ0) is 9.52. The molecule has 0 aliphatic heterocycles. The molecule has 0 unspecified atom stereocenters. The van der Waals surface area contributed by atoms with Gasteiger partial charge in [-0.1, -0.05) is 36.4 Å². The van der Waals surface area contributed by atoms with Crippen LogP contribution in [-0.4, -0.2) is 5.88 Å². The lowest BCUT2D eigenvalue weighted by Crippen LogP contribution is -1.77. The van der Waals surface area contributed by atoms with Crippen molar-refractivity contribution in [2.45, 2.75) is 12.3 Å². The van der Waals surface area contributed by atoms with Crippen molar-refractivity contribution in [3.63, 3.8) is 0 Å². The van der Waals surface area contributed by atoms with Gasteiger partial charge in [0.15, 0.2) is 0 Å². The van der Waals surface area contributed by atoms with E-state index in [1.807, 2.05) is 12.1 Å². The van der Waals surface area contributed by atoms with Gasteiger partial charge in [0.05, 0.1) is 0 Å². The average molecular weight is 215 g/mol. The fraction of sp³-hybridized carbons (Fsp3) is 0.273. The third kappa shape index (κ3) is 3.84. The van der Waals surface area contributed by atoms with E-state index in [0.29, 0.717) is 11.8 Å². The summed E-state index contributed by atoms with van der Waals surface area (Å²) in [7, 11) is 0. The highest BCUT2D eigenvalue weighted by Crippen LogP contribution is 2.08. The van der Waals surface area contributed by atoms with Crippen LogP contribution >= 0.6 is 23.2 Å². The Morgan fingerprint density at radius 3 is 2.31 bits per heavy atom. The average Bonchev–Trinajstić information content (AvgIpc) is 2.19. The number of hydrogen-bond donors (Lipinski definition) is 0. The topological polar surface area (TPSA) is 0 Å².